The second-order valence-corrected chi connectivity index (χ2v) is 26.9. The van der Waals surface area contributed by atoms with Gasteiger partial charge in [0.25, 0.3) is 0 Å². The van der Waals surface area contributed by atoms with Crippen molar-refractivity contribution in [3.05, 3.63) is 45.0 Å². The first-order chi connectivity index (χ1) is 35.7. The Morgan fingerprint density at radius 3 is 0.972 bits per heavy atom. The van der Waals surface area contributed by atoms with Crippen molar-refractivity contribution in [1.29, 1.82) is 0 Å². The van der Waals surface area contributed by atoms with Crippen molar-refractivity contribution in [3.8, 4) is 0 Å². The molecule has 4 spiro atoms. The van der Waals surface area contributed by atoms with Crippen LogP contribution < -0.4 is 0 Å². The predicted octanol–water partition coefficient (Wildman–Crippen LogP) is 15.1. The molecule has 9 aliphatic carbocycles. The molecule has 0 aliphatic heterocycles. The van der Waals surface area contributed by atoms with E-state index in [1.807, 2.05) is 0 Å². The summed E-state index contributed by atoms with van der Waals surface area (Å²) in [5.74, 6) is -0.575. The van der Waals surface area contributed by atoms with Gasteiger partial charge in [0.2, 0.25) is 0 Å². The molecule has 26 aromatic rings. The summed E-state index contributed by atoms with van der Waals surface area (Å²) in [6.45, 7) is 0. The number of carbonyl (C=O) groups is 2. The van der Waals surface area contributed by atoms with Gasteiger partial charge in [-0.25, -0.2) is 4.79 Å². The van der Waals surface area contributed by atoms with E-state index in [0.29, 0.717) is 0 Å². The molecule has 4 heteroatoms. The van der Waals surface area contributed by atoms with Crippen molar-refractivity contribution in [2.75, 3.05) is 14.2 Å². The van der Waals surface area contributed by atoms with Gasteiger partial charge in [0.05, 0.1) is 19.6 Å². The molecule has 0 saturated heterocycles. The van der Waals surface area contributed by atoms with Gasteiger partial charge in [-0.2, -0.15) is 0 Å². The number of rotatable bonds is 2. The summed E-state index contributed by atoms with van der Waals surface area (Å²) in [4.78, 5) is 32.2. The second kappa shape index (κ2) is 5.63. The SMILES string of the molecule is COC(=O)C1=CC2(C(=O)OC)C34c5c6c7c8c9c%10c%11c%12c%13c(c%14c%15c3c3c5c5c7c7c%16c8c8c%10c%10c%11c%11c%13c%13c%14c%14c%15c%15c3c3c5c7c5c7c%16c8c8c%10c%10c%11c%13c%11c%14c%13c%15c3c5c3c%13c%11c%10c8c73)C24C%122C1C692. The quantitative estimate of drug-likeness (QED) is 0.128. The standard InChI is InChI=1S/C68H8O4/c1-71-62(69)4-3-64(63(70)72-2)66-56-49-40-33-23-15-8-6-5-7-9-10(8)17-21(15)34(40)42-36-25(17)24-16(9)20-14(7)22-18-11(5)13-12(6)19(23)28-30-26(13)29-27(18)37-31(22)38-32(20)41-35(24)45(36)54-57-48(41)46(38)55-47(37)52-43(29)44(30)53(50(56)39(28)33)60(66)59(52)65(55)61(4)67(57,65)68(64,66)58(54)51(42)49/h3,61H,1-2H3. The highest BCUT2D eigenvalue weighted by atomic mass is 16.5. The van der Waals surface area contributed by atoms with Crippen molar-refractivity contribution >= 4 is 281 Å². The Labute approximate surface area is 390 Å². The number of methoxy groups -OCH3 is 2. The first-order valence-corrected chi connectivity index (χ1v) is 26.6. The Bertz CT molecular complexity index is 7620. The molecule has 0 aromatic heterocycles. The van der Waals surface area contributed by atoms with Crippen molar-refractivity contribution in [1.82, 2.24) is 0 Å². The molecule has 2 fully saturated rings. The monoisotopic (exact) mass is 888 g/mol. The molecule has 4 nitrogen and oxygen atoms in total. The van der Waals surface area contributed by atoms with Crippen molar-refractivity contribution < 1.29 is 19.1 Å². The zero-order valence-corrected chi connectivity index (χ0v) is 36.8. The summed E-state index contributed by atoms with van der Waals surface area (Å²) >= 11 is 0. The molecule has 304 valence electrons. The molecule has 0 amide bonds. The Morgan fingerprint density at radius 1 is 0.319 bits per heavy atom. The van der Waals surface area contributed by atoms with Gasteiger partial charge in [-0.3, -0.25) is 4.79 Å². The highest BCUT2D eigenvalue weighted by Gasteiger charge is 3.12. The normalized spacial score (nSPS) is 30.4. The molecule has 0 heterocycles. The number of ether oxygens (including phenoxy) is 2. The first kappa shape index (κ1) is 26.6. The summed E-state index contributed by atoms with van der Waals surface area (Å²) in [5, 5.41) is 77.1. The second-order valence-electron chi connectivity index (χ2n) is 26.9. The van der Waals surface area contributed by atoms with E-state index in [2.05, 4.69) is 6.08 Å². The smallest absolute Gasteiger partial charge is 0.333 e. The van der Waals surface area contributed by atoms with Gasteiger partial charge >= 0.3 is 11.9 Å². The molecule has 72 heavy (non-hydrogen) atoms. The third-order valence-corrected chi connectivity index (χ3v) is 27.8. The fourth-order valence-electron chi connectivity index (χ4n) is 28.6. The Kier molecular flexibility index (Phi) is 2.08. The van der Waals surface area contributed by atoms with Crippen LogP contribution in [0.25, 0.3) is 269 Å². The van der Waals surface area contributed by atoms with E-state index in [1.54, 1.807) is 165 Å². The molecule has 9 aliphatic rings. The number of benzene rings is 17. The lowest BCUT2D eigenvalue weighted by Gasteiger charge is -2.42. The van der Waals surface area contributed by atoms with Crippen LogP contribution in [0, 0.1) is 11.3 Å². The summed E-state index contributed by atoms with van der Waals surface area (Å²) in [6.07, 6.45) is 2.30. The lowest BCUT2D eigenvalue weighted by molar-refractivity contribution is -0.146. The molecule has 6 atom stereocenters. The summed E-state index contributed by atoms with van der Waals surface area (Å²) in [6, 6.07) is 0. The van der Waals surface area contributed by atoms with E-state index in [9.17, 15) is 0 Å². The van der Waals surface area contributed by atoms with E-state index >= 15 is 9.59 Å². The third-order valence-electron chi connectivity index (χ3n) is 27.8. The average molecular weight is 889 g/mol. The van der Waals surface area contributed by atoms with Crippen LogP contribution in [-0.2, 0) is 40.7 Å². The molecule has 35 rings (SSSR count). The van der Waals surface area contributed by atoms with Crippen molar-refractivity contribution in [2.45, 2.75) is 21.7 Å². The Balaban J connectivity index is 1.17. The molecular weight excluding hydrogens is 881 g/mol. The fourth-order valence-corrected chi connectivity index (χ4v) is 28.6. The maximum atomic E-state index is 16.7. The summed E-state index contributed by atoms with van der Waals surface area (Å²) < 4.78 is 12.7. The van der Waals surface area contributed by atoms with E-state index in [1.165, 1.54) is 152 Å². The Hall–Kier alpha value is -8.60. The minimum absolute atomic E-state index is 0.152. The molecule has 0 N–H and O–H groups in total. The van der Waals surface area contributed by atoms with E-state index < -0.39 is 27.1 Å². The van der Waals surface area contributed by atoms with Gasteiger partial charge in [0.1, 0.15) is 5.41 Å². The van der Waals surface area contributed by atoms with Gasteiger partial charge < -0.3 is 9.47 Å². The van der Waals surface area contributed by atoms with Gasteiger partial charge in [-0.05, 0) is 303 Å². The number of esters is 2. The topological polar surface area (TPSA) is 52.6 Å². The van der Waals surface area contributed by atoms with Crippen LogP contribution >= 0.6 is 0 Å². The van der Waals surface area contributed by atoms with Gasteiger partial charge in [-0.1, -0.05) is 6.08 Å². The lowest BCUT2D eigenvalue weighted by Crippen LogP contribution is -2.44. The first-order valence-electron chi connectivity index (χ1n) is 26.6. The number of hydrogen-bond donors (Lipinski definition) is 0. The van der Waals surface area contributed by atoms with Gasteiger partial charge in [0.15, 0.2) is 0 Å². The maximum Gasteiger partial charge on any atom is 0.333 e. The van der Waals surface area contributed by atoms with Crippen molar-refractivity contribution in [2.24, 2.45) is 11.3 Å². The zero-order chi connectivity index (χ0) is 43.3. The van der Waals surface area contributed by atoms with Crippen LogP contribution in [0.2, 0.25) is 0 Å². The van der Waals surface area contributed by atoms with Crippen LogP contribution in [-0.4, -0.2) is 26.2 Å². The lowest BCUT2D eigenvalue weighted by atomic mass is 9.58. The highest BCUT2D eigenvalue weighted by molar-refractivity contribution is 6.81. The molecule has 26 aromatic carbocycles. The fraction of sp³-hybridized carbons (Fsp3) is 0.118. The zero-order valence-electron chi connectivity index (χ0n) is 36.8. The number of carbonyl (C=O) groups excluding carboxylic acids is 2. The third kappa shape index (κ3) is 1.23. The Morgan fingerprint density at radius 2 is 0.611 bits per heavy atom. The molecule has 6 unspecified atom stereocenters. The van der Waals surface area contributed by atoms with Crippen LogP contribution in [0.15, 0.2) is 11.6 Å². The average Bonchev–Trinajstić information content (AvgIpc) is 4.28. The van der Waals surface area contributed by atoms with E-state index in [0.717, 1.165) is 5.57 Å². The predicted molar refractivity (Wildman–Crippen MR) is 287 cm³/mol. The minimum Gasteiger partial charge on any atom is -0.468 e. The van der Waals surface area contributed by atoms with Crippen molar-refractivity contribution in [3.63, 3.8) is 0 Å². The molecule has 0 bridgehead atoms. The largest absolute Gasteiger partial charge is 0.468 e. The van der Waals surface area contributed by atoms with Gasteiger partial charge in [-0.15, -0.1) is 0 Å². The van der Waals surface area contributed by atoms with Crippen LogP contribution in [0.4, 0.5) is 0 Å². The summed E-state index contributed by atoms with van der Waals surface area (Å²) in [5.41, 5.74) is 6.05. The van der Waals surface area contributed by atoms with Crippen LogP contribution in [0.5, 0.6) is 0 Å². The number of hydrogen-bond acceptors (Lipinski definition) is 4. The molecule has 0 radical (unpaired) electrons. The van der Waals surface area contributed by atoms with Crippen LogP contribution in [0.1, 0.15) is 33.4 Å². The van der Waals surface area contributed by atoms with Gasteiger partial charge in [0, 0.05) is 27.7 Å². The molecule has 2 saturated carbocycles. The van der Waals surface area contributed by atoms with Crippen LogP contribution in [0.3, 0.4) is 0 Å². The van der Waals surface area contributed by atoms with E-state index in [4.69, 9.17) is 9.47 Å². The highest BCUT2D eigenvalue weighted by Crippen LogP contribution is 3.09. The van der Waals surface area contributed by atoms with E-state index in [-0.39, 0.29) is 17.9 Å². The minimum atomic E-state index is -1.15. The summed E-state index contributed by atoms with van der Waals surface area (Å²) in [7, 11) is 3.25. The maximum absolute atomic E-state index is 16.7. The molecular formula is C68H8O4.